The van der Waals surface area contributed by atoms with E-state index in [4.69, 9.17) is 4.74 Å². The normalized spacial score (nSPS) is 21.5. The molecule has 2 atom stereocenters. The van der Waals surface area contributed by atoms with Crippen LogP contribution in [0.15, 0.2) is 30.6 Å². The molecule has 0 unspecified atom stereocenters. The Morgan fingerprint density at radius 1 is 1.41 bits per heavy atom. The van der Waals surface area contributed by atoms with Gasteiger partial charge in [0.05, 0.1) is 11.0 Å². The first-order valence-electron chi connectivity index (χ1n) is 7.45. The van der Waals surface area contributed by atoms with Gasteiger partial charge in [-0.1, -0.05) is 12.1 Å². The molecular formula is C15H18N6O. The van der Waals surface area contributed by atoms with E-state index in [-0.39, 0.29) is 6.10 Å². The van der Waals surface area contributed by atoms with Crippen molar-refractivity contribution in [2.24, 2.45) is 13.0 Å². The molecular weight excluding hydrogens is 280 g/mol. The SMILES string of the molecule is Cn1c(NC[C@@H]2CCO[C@@H]2c2ncn[nH]2)nc2ccccc21. The Hall–Kier alpha value is -2.41. The number of nitrogens with zero attached hydrogens (tertiary/aromatic N) is 4. The van der Waals surface area contributed by atoms with E-state index < -0.39 is 0 Å². The fourth-order valence-electron chi connectivity index (χ4n) is 3.02. The maximum absolute atomic E-state index is 5.79. The number of hydrogen-bond acceptors (Lipinski definition) is 5. The maximum Gasteiger partial charge on any atom is 0.203 e. The first kappa shape index (κ1) is 13.3. The van der Waals surface area contributed by atoms with Crippen LogP contribution in [0.3, 0.4) is 0 Å². The minimum Gasteiger partial charge on any atom is -0.370 e. The summed E-state index contributed by atoms with van der Waals surface area (Å²) < 4.78 is 7.86. The molecule has 0 spiro atoms. The minimum atomic E-state index is -0.0234. The summed E-state index contributed by atoms with van der Waals surface area (Å²) in [5, 5.41) is 10.3. The van der Waals surface area contributed by atoms with Crippen LogP contribution in [0.4, 0.5) is 5.95 Å². The van der Waals surface area contributed by atoms with Crippen LogP contribution in [0.5, 0.6) is 0 Å². The fourth-order valence-corrected chi connectivity index (χ4v) is 3.02. The van der Waals surface area contributed by atoms with Crippen LogP contribution in [-0.2, 0) is 11.8 Å². The van der Waals surface area contributed by atoms with Crippen LogP contribution in [0.2, 0.25) is 0 Å². The van der Waals surface area contributed by atoms with Gasteiger partial charge in [-0.2, -0.15) is 5.10 Å². The molecule has 7 nitrogen and oxygen atoms in total. The van der Waals surface area contributed by atoms with Crippen molar-refractivity contribution in [3.63, 3.8) is 0 Å². The highest BCUT2D eigenvalue weighted by Crippen LogP contribution is 2.32. The second-order valence-corrected chi connectivity index (χ2v) is 5.57. The van der Waals surface area contributed by atoms with E-state index in [0.29, 0.717) is 5.92 Å². The summed E-state index contributed by atoms with van der Waals surface area (Å²) in [6.07, 6.45) is 2.50. The standard InChI is InChI=1S/C15H18N6O/c1-21-12-5-3-2-4-11(12)19-15(21)16-8-10-6-7-22-13(10)14-17-9-18-20-14/h2-5,9-10,13H,6-8H2,1H3,(H,16,19)(H,17,18,20)/t10-,13-/m0/s1. The van der Waals surface area contributed by atoms with Crippen molar-refractivity contribution < 1.29 is 4.74 Å². The third-order valence-electron chi connectivity index (χ3n) is 4.23. The van der Waals surface area contributed by atoms with E-state index >= 15 is 0 Å². The second-order valence-electron chi connectivity index (χ2n) is 5.57. The Morgan fingerprint density at radius 2 is 2.32 bits per heavy atom. The summed E-state index contributed by atoms with van der Waals surface area (Å²) in [6.45, 7) is 1.54. The number of rotatable bonds is 4. The Labute approximate surface area is 127 Å². The number of anilines is 1. The number of aromatic nitrogens is 5. The largest absolute Gasteiger partial charge is 0.370 e. The van der Waals surface area contributed by atoms with Gasteiger partial charge in [0.25, 0.3) is 0 Å². The summed E-state index contributed by atoms with van der Waals surface area (Å²) in [5.74, 6) is 2.03. The van der Waals surface area contributed by atoms with Crippen molar-refractivity contribution in [2.75, 3.05) is 18.5 Å². The lowest BCUT2D eigenvalue weighted by Crippen LogP contribution is -2.20. The zero-order valence-corrected chi connectivity index (χ0v) is 12.4. The summed E-state index contributed by atoms with van der Waals surface area (Å²) in [7, 11) is 2.02. The molecule has 0 radical (unpaired) electrons. The smallest absolute Gasteiger partial charge is 0.203 e. The highest BCUT2D eigenvalue weighted by Gasteiger charge is 2.31. The van der Waals surface area contributed by atoms with E-state index in [1.807, 2.05) is 25.2 Å². The molecule has 1 saturated heterocycles. The van der Waals surface area contributed by atoms with Crippen molar-refractivity contribution in [2.45, 2.75) is 12.5 Å². The molecule has 1 fully saturated rings. The minimum absolute atomic E-state index is 0.0234. The maximum atomic E-state index is 5.79. The van der Waals surface area contributed by atoms with E-state index in [1.54, 1.807) is 0 Å². The van der Waals surface area contributed by atoms with Crippen LogP contribution in [0.1, 0.15) is 18.3 Å². The molecule has 1 aromatic carbocycles. The summed E-state index contributed by atoms with van der Waals surface area (Å²) in [6, 6.07) is 8.13. The first-order chi connectivity index (χ1) is 10.8. The van der Waals surface area contributed by atoms with Crippen molar-refractivity contribution in [1.29, 1.82) is 0 Å². The lowest BCUT2D eigenvalue weighted by Gasteiger charge is -2.17. The van der Waals surface area contributed by atoms with E-state index in [2.05, 4.69) is 36.1 Å². The third-order valence-corrected chi connectivity index (χ3v) is 4.23. The second kappa shape index (κ2) is 5.42. The predicted octanol–water partition coefficient (Wildman–Crippen LogP) is 1.88. The molecule has 114 valence electrons. The molecule has 2 aromatic heterocycles. The summed E-state index contributed by atoms with van der Waals surface area (Å²) in [4.78, 5) is 8.85. The molecule has 0 saturated carbocycles. The van der Waals surface area contributed by atoms with Gasteiger partial charge in [0.15, 0.2) is 5.82 Å². The number of ether oxygens (including phenoxy) is 1. The number of benzene rings is 1. The van der Waals surface area contributed by atoms with Gasteiger partial charge in [0.2, 0.25) is 5.95 Å². The number of hydrogen-bond donors (Lipinski definition) is 2. The van der Waals surface area contributed by atoms with Crippen molar-refractivity contribution >= 4 is 17.0 Å². The van der Waals surface area contributed by atoms with Gasteiger partial charge in [-0.25, -0.2) is 9.97 Å². The lowest BCUT2D eigenvalue weighted by molar-refractivity contribution is 0.0864. The highest BCUT2D eigenvalue weighted by atomic mass is 16.5. The average Bonchev–Trinajstić information content (AvgIpc) is 3.25. The van der Waals surface area contributed by atoms with Crippen molar-refractivity contribution in [3.8, 4) is 0 Å². The Morgan fingerprint density at radius 3 is 3.14 bits per heavy atom. The van der Waals surface area contributed by atoms with Gasteiger partial charge >= 0.3 is 0 Å². The monoisotopic (exact) mass is 298 g/mol. The Bertz CT molecular complexity index is 766. The van der Waals surface area contributed by atoms with Gasteiger partial charge in [-0.15, -0.1) is 0 Å². The topological polar surface area (TPSA) is 80.6 Å². The summed E-state index contributed by atoms with van der Waals surface area (Å²) >= 11 is 0. The molecule has 0 amide bonds. The number of aromatic amines is 1. The van der Waals surface area contributed by atoms with E-state index in [9.17, 15) is 0 Å². The number of nitrogens with one attached hydrogen (secondary N) is 2. The number of H-pyrrole nitrogens is 1. The van der Waals surface area contributed by atoms with Crippen molar-refractivity contribution in [1.82, 2.24) is 24.7 Å². The van der Waals surface area contributed by atoms with Crippen molar-refractivity contribution in [3.05, 3.63) is 36.4 Å². The van der Waals surface area contributed by atoms with Crippen LogP contribution >= 0.6 is 0 Å². The third kappa shape index (κ3) is 2.23. The lowest BCUT2D eigenvalue weighted by atomic mass is 10.0. The molecule has 2 N–H and O–H groups in total. The zero-order chi connectivity index (χ0) is 14.9. The van der Waals surface area contributed by atoms with Gasteiger partial charge in [-0.05, 0) is 18.6 Å². The van der Waals surface area contributed by atoms with Gasteiger partial charge in [0, 0.05) is 26.1 Å². The molecule has 3 aromatic rings. The van der Waals surface area contributed by atoms with Gasteiger partial charge in [0.1, 0.15) is 12.4 Å². The zero-order valence-electron chi connectivity index (χ0n) is 12.4. The van der Waals surface area contributed by atoms with Crippen LogP contribution in [0, 0.1) is 5.92 Å². The Balaban J connectivity index is 1.50. The Kier molecular flexibility index (Phi) is 3.27. The quantitative estimate of drug-likeness (QED) is 0.768. The van der Waals surface area contributed by atoms with Crippen LogP contribution in [0.25, 0.3) is 11.0 Å². The molecule has 7 heteroatoms. The molecule has 3 heterocycles. The number of para-hydroxylation sites is 2. The van der Waals surface area contributed by atoms with Gasteiger partial charge in [-0.3, -0.25) is 5.10 Å². The van der Waals surface area contributed by atoms with Crippen LogP contribution in [-0.4, -0.2) is 37.9 Å². The molecule has 1 aliphatic rings. The molecule has 1 aliphatic heterocycles. The summed E-state index contributed by atoms with van der Waals surface area (Å²) in [5.41, 5.74) is 2.13. The number of imidazole rings is 1. The first-order valence-corrected chi connectivity index (χ1v) is 7.45. The van der Waals surface area contributed by atoms with E-state index in [1.165, 1.54) is 6.33 Å². The van der Waals surface area contributed by atoms with Gasteiger partial charge < -0.3 is 14.6 Å². The predicted molar refractivity (Wildman–Crippen MR) is 82.4 cm³/mol. The molecule has 22 heavy (non-hydrogen) atoms. The average molecular weight is 298 g/mol. The highest BCUT2D eigenvalue weighted by molar-refractivity contribution is 5.78. The number of fused-ring (bicyclic) bond motifs is 1. The van der Waals surface area contributed by atoms with E-state index in [0.717, 1.165) is 42.4 Å². The molecule has 0 aliphatic carbocycles. The fraction of sp³-hybridized carbons (Fsp3) is 0.400. The van der Waals surface area contributed by atoms with Crippen LogP contribution < -0.4 is 5.32 Å². The number of aryl methyl sites for hydroxylation is 1. The molecule has 4 rings (SSSR count). The molecule has 0 bridgehead atoms.